The first kappa shape index (κ1) is 12.8. The Labute approximate surface area is 84.7 Å². The fourth-order valence-corrected chi connectivity index (χ4v) is 1.42. The summed E-state index contributed by atoms with van der Waals surface area (Å²) in [5, 5.41) is 0. The van der Waals surface area contributed by atoms with Crippen LogP contribution in [0.15, 0.2) is 11.1 Å². The second-order valence-electron chi connectivity index (χ2n) is 1.22. The van der Waals surface area contributed by atoms with Gasteiger partial charge in [0, 0.05) is 4.48 Å². The largest absolute Gasteiger partial charge is 1.00 e. The van der Waals surface area contributed by atoms with Crippen molar-refractivity contribution in [1.29, 1.82) is 0 Å². The van der Waals surface area contributed by atoms with Gasteiger partial charge in [0.25, 0.3) is 0 Å². The van der Waals surface area contributed by atoms with Crippen LogP contribution in [0, 0.1) is 0 Å². The van der Waals surface area contributed by atoms with Crippen LogP contribution in [-0.2, 0) is 10.1 Å². The number of hydrogen-bond acceptors (Lipinski definition) is 3. The van der Waals surface area contributed by atoms with E-state index in [0.717, 1.165) is 0 Å². The van der Waals surface area contributed by atoms with Crippen LogP contribution in [0.1, 0.15) is 0 Å². The number of rotatable bonds is 2. The molecule has 3 nitrogen and oxygen atoms in total. The zero-order valence-electron chi connectivity index (χ0n) is 4.93. The molecule has 0 unspecified atom stereocenters. The predicted molar refractivity (Wildman–Crippen MR) is 32.6 cm³/mol. The average molecular weight is 223 g/mol. The predicted octanol–water partition coefficient (Wildman–Crippen LogP) is -2.56. The summed E-state index contributed by atoms with van der Waals surface area (Å²) in [6.07, 6.45) is 0. The van der Waals surface area contributed by atoms with E-state index in [-0.39, 0.29) is 34.0 Å². The summed E-state index contributed by atoms with van der Waals surface area (Å²) in [6.45, 7) is 3.18. The SMILES string of the molecule is C=C(Br)CS(=O)(=O)[O-].[Na+]. The van der Waals surface area contributed by atoms with Gasteiger partial charge in [-0.1, -0.05) is 22.5 Å². The van der Waals surface area contributed by atoms with E-state index in [2.05, 4.69) is 22.5 Å². The van der Waals surface area contributed by atoms with E-state index in [1.54, 1.807) is 0 Å². The molecule has 0 aromatic rings. The molecule has 6 heteroatoms. The van der Waals surface area contributed by atoms with Crippen molar-refractivity contribution >= 4 is 26.0 Å². The fourth-order valence-electron chi connectivity index (χ4n) is 0.192. The average Bonchev–Trinajstić information content (AvgIpc) is 1.21. The molecule has 0 saturated heterocycles. The van der Waals surface area contributed by atoms with Gasteiger partial charge in [-0.25, -0.2) is 8.42 Å². The van der Waals surface area contributed by atoms with E-state index in [9.17, 15) is 13.0 Å². The maximum atomic E-state index is 9.80. The Kier molecular flexibility index (Phi) is 6.91. The molecule has 0 radical (unpaired) electrons. The smallest absolute Gasteiger partial charge is 0.748 e. The summed E-state index contributed by atoms with van der Waals surface area (Å²) in [4.78, 5) is 0. The standard InChI is InChI=1S/C3H5BrO3S.Na/c1-3(4)2-8(5,6)7;/h1-2H2,(H,5,6,7);/q;+1/p-1. The van der Waals surface area contributed by atoms with Crippen LogP contribution in [-0.4, -0.2) is 18.7 Å². The van der Waals surface area contributed by atoms with Gasteiger partial charge in [0.1, 0.15) is 0 Å². The van der Waals surface area contributed by atoms with Crippen LogP contribution in [0.25, 0.3) is 0 Å². The zero-order chi connectivity index (χ0) is 6.78. The van der Waals surface area contributed by atoms with Gasteiger partial charge in [0.2, 0.25) is 0 Å². The van der Waals surface area contributed by atoms with Crippen LogP contribution in [0.4, 0.5) is 0 Å². The fraction of sp³-hybridized carbons (Fsp3) is 0.333. The van der Waals surface area contributed by atoms with Gasteiger partial charge in [-0.2, -0.15) is 0 Å². The van der Waals surface area contributed by atoms with Crippen LogP contribution in [0.5, 0.6) is 0 Å². The molecule has 0 fully saturated rings. The van der Waals surface area contributed by atoms with Crippen LogP contribution in [0.2, 0.25) is 0 Å². The molecule has 48 valence electrons. The van der Waals surface area contributed by atoms with Crippen molar-refractivity contribution in [3.63, 3.8) is 0 Å². The number of halogens is 1. The molecule has 0 aliphatic heterocycles. The monoisotopic (exact) mass is 222 g/mol. The Balaban J connectivity index is 0. The van der Waals surface area contributed by atoms with Gasteiger partial charge >= 0.3 is 29.6 Å². The third kappa shape index (κ3) is 12.4. The molecule has 0 aromatic heterocycles. The third-order valence-corrected chi connectivity index (χ3v) is 1.69. The molecule has 0 rings (SSSR count). The molecule has 0 atom stereocenters. The molecule has 0 aliphatic rings. The molecule has 0 bridgehead atoms. The Bertz CT molecular complexity index is 185. The van der Waals surface area contributed by atoms with E-state index >= 15 is 0 Å². The van der Waals surface area contributed by atoms with Gasteiger partial charge in [-0.15, -0.1) is 0 Å². The molecule has 0 aromatic carbocycles. The Morgan fingerprint density at radius 1 is 1.67 bits per heavy atom. The normalized spacial score (nSPS) is 10.0. The topological polar surface area (TPSA) is 57.2 Å². The van der Waals surface area contributed by atoms with Gasteiger partial charge < -0.3 is 4.55 Å². The summed E-state index contributed by atoms with van der Waals surface area (Å²) >= 11 is 2.74. The van der Waals surface area contributed by atoms with Gasteiger partial charge in [0.05, 0.1) is 15.9 Å². The van der Waals surface area contributed by atoms with Gasteiger partial charge in [0.15, 0.2) is 0 Å². The minimum absolute atomic E-state index is 0. The molecule has 0 heterocycles. The minimum Gasteiger partial charge on any atom is -0.748 e. The molecule has 0 saturated carbocycles. The summed E-state index contributed by atoms with van der Waals surface area (Å²) in [6, 6.07) is 0. The first-order chi connectivity index (χ1) is 3.42. The maximum absolute atomic E-state index is 9.80. The third-order valence-electron chi connectivity index (χ3n) is 0.333. The molecule has 9 heavy (non-hydrogen) atoms. The van der Waals surface area contributed by atoms with Crippen LogP contribution >= 0.6 is 15.9 Å². The Hall–Kier alpha value is 1.13. The Morgan fingerprint density at radius 3 is 2.00 bits per heavy atom. The van der Waals surface area contributed by atoms with E-state index < -0.39 is 15.9 Å². The summed E-state index contributed by atoms with van der Waals surface area (Å²) in [5.41, 5.74) is 0. The second-order valence-corrected chi connectivity index (χ2v) is 3.74. The van der Waals surface area contributed by atoms with E-state index in [1.807, 2.05) is 0 Å². The van der Waals surface area contributed by atoms with Gasteiger partial charge in [-0.05, 0) is 0 Å². The van der Waals surface area contributed by atoms with E-state index in [0.29, 0.717) is 0 Å². The van der Waals surface area contributed by atoms with Crippen molar-refractivity contribution in [3.05, 3.63) is 11.1 Å². The maximum Gasteiger partial charge on any atom is 1.00 e. The molecule has 0 amide bonds. The van der Waals surface area contributed by atoms with E-state index in [4.69, 9.17) is 0 Å². The van der Waals surface area contributed by atoms with Crippen molar-refractivity contribution in [3.8, 4) is 0 Å². The van der Waals surface area contributed by atoms with E-state index in [1.165, 1.54) is 0 Å². The second kappa shape index (κ2) is 4.87. The summed E-state index contributed by atoms with van der Waals surface area (Å²) in [7, 11) is -4.12. The summed E-state index contributed by atoms with van der Waals surface area (Å²) < 4.78 is 29.6. The molecular formula is C3H4BrNaO3S. The number of hydrogen-bond donors (Lipinski definition) is 0. The summed E-state index contributed by atoms with van der Waals surface area (Å²) in [5.74, 6) is -0.535. The molecular weight excluding hydrogens is 219 g/mol. The molecule has 0 aliphatic carbocycles. The van der Waals surface area contributed by atoms with Crippen LogP contribution in [0.3, 0.4) is 0 Å². The molecule has 0 spiro atoms. The van der Waals surface area contributed by atoms with Crippen molar-refractivity contribution in [2.45, 2.75) is 0 Å². The van der Waals surface area contributed by atoms with Crippen molar-refractivity contribution in [1.82, 2.24) is 0 Å². The quantitative estimate of drug-likeness (QED) is 0.382. The van der Waals surface area contributed by atoms with Crippen molar-refractivity contribution in [2.75, 3.05) is 5.75 Å². The zero-order valence-corrected chi connectivity index (χ0v) is 9.33. The first-order valence-electron chi connectivity index (χ1n) is 1.68. The molecule has 0 N–H and O–H groups in total. The van der Waals surface area contributed by atoms with Crippen molar-refractivity contribution in [2.24, 2.45) is 0 Å². The Morgan fingerprint density at radius 2 is 2.00 bits per heavy atom. The minimum atomic E-state index is -4.12. The van der Waals surface area contributed by atoms with Crippen molar-refractivity contribution < 1.29 is 42.5 Å². The van der Waals surface area contributed by atoms with Crippen LogP contribution < -0.4 is 29.6 Å². The first-order valence-corrected chi connectivity index (χ1v) is 4.06. The van der Waals surface area contributed by atoms with Gasteiger partial charge in [-0.3, -0.25) is 0 Å².